The molecular weight excluding hydrogens is 362 g/mol. The predicted molar refractivity (Wildman–Crippen MR) is 105 cm³/mol. The molecule has 0 bridgehead atoms. The summed E-state index contributed by atoms with van der Waals surface area (Å²) in [5, 5.41) is 2.67. The Balaban J connectivity index is 1.94. The number of pyridine rings is 1. The van der Waals surface area contributed by atoms with E-state index in [1.165, 1.54) is 18.3 Å². The maximum Gasteiger partial charge on any atom is 0.264 e. The van der Waals surface area contributed by atoms with Crippen molar-refractivity contribution in [2.24, 2.45) is 0 Å². The van der Waals surface area contributed by atoms with Crippen molar-refractivity contribution in [3.63, 3.8) is 0 Å². The van der Waals surface area contributed by atoms with Crippen LogP contribution in [-0.2, 0) is 14.8 Å². The number of aryl methyl sites for hydroxylation is 1. The van der Waals surface area contributed by atoms with Crippen LogP contribution in [0, 0.1) is 6.92 Å². The van der Waals surface area contributed by atoms with Gasteiger partial charge in [-0.05, 0) is 48.9 Å². The number of hydrogen-bond acceptors (Lipinski definition) is 4. The number of rotatable bonds is 6. The van der Waals surface area contributed by atoms with Crippen LogP contribution in [0.1, 0.15) is 5.56 Å². The Morgan fingerprint density at radius 3 is 2.48 bits per heavy atom. The Hall–Kier alpha value is -3.19. The van der Waals surface area contributed by atoms with E-state index in [0.29, 0.717) is 11.4 Å². The first kappa shape index (κ1) is 18.6. The van der Waals surface area contributed by atoms with Crippen LogP contribution in [0.2, 0.25) is 0 Å². The van der Waals surface area contributed by atoms with Crippen molar-refractivity contribution in [1.29, 1.82) is 0 Å². The van der Waals surface area contributed by atoms with Crippen LogP contribution < -0.4 is 9.62 Å². The number of sulfonamides is 1. The zero-order valence-electron chi connectivity index (χ0n) is 14.7. The summed E-state index contributed by atoms with van der Waals surface area (Å²) in [6.07, 6.45) is 3.09. The molecule has 0 unspecified atom stereocenters. The first-order valence-electron chi connectivity index (χ1n) is 8.31. The van der Waals surface area contributed by atoms with Crippen LogP contribution in [-0.4, -0.2) is 25.9 Å². The Morgan fingerprint density at radius 1 is 1.04 bits per heavy atom. The molecule has 0 fully saturated rings. The molecule has 27 heavy (non-hydrogen) atoms. The third-order valence-electron chi connectivity index (χ3n) is 3.85. The monoisotopic (exact) mass is 381 g/mol. The fraction of sp³-hybridized carbons (Fsp3) is 0.100. The molecule has 1 heterocycles. The zero-order valence-corrected chi connectivity index (χ0v) is 15.6. The van der Waals surface area contributed by atoms with Gasteiger partial charge in [-0.25, -0.2) is 8.42 Å². The van der Waals surface area contributed by atoms with Gasteiger partial charge in [0.15, 0.2) is 0 Å². The van der Waals surface area contributed by atoms with Crippen molar-refractivity contribution in [2.45, 2.75) is 11.8 Å². The van der Waals surface area contributed by atoms with E-state index in [9.17, 15) is 13.2 Å². The van der Waals surface area contributed by atoms with Crippen molar-refractivity contribution in [3.8, 4) is 0 Å². The van der Waals surface area contributed by atoms with Crippen molar-refractivity contribution >= 4 is 27.3 Å². The smallest absolute Gasteiger partial charge is 0.264 e. The summed E-state index contributed by atoms with van der Waals surface area (Å²) in [5.41, 5.74) is 1.83. The number of carbonyl (C=O) groups is 1. The summed E-state index contributed by atoms with van der Waals surface area (Å²) in [4.78, 5) is 16.6. The molecule has 1 aromatic heterocycles. The van der Waals surface area contributed by atoms with Crippen molar-refractivity contribution in [1.82, 2.24) is 4.98 Å². The second-order valence-electron chi connectivity index (χ2n) is 5.95. The number of aromatic nitrogens is 1. The average molecular weight is 381 g/mol. The molecule has 0 radical (unpaired) electrons. The summed E-state index contributed by atoms with van der Waals surface area (Å²) < 4.78 is 27.4. The number of anilines is 2. The van der Waals surface area contributed by atoms with Crippen LogP contribution in [0.4, 0.5) is 11.4 Å². The third-order valence-corrected chi connectivity index (χ3v) is 5.64. The number of nitrogens with zero attached hydrogens (tertiary/aromatic N) is 2. The highest BCUT2D eigenvalue weighted by Gasteiger charge is 2.27. The SMILES string of the molecule is Cc1cccc(N(CC(=O)Nc2cccnc2)S(=O)(=O)c2ccccc2)c1. The molecule has 6 nitrogen and oxygen atoms in total. The molecule has 1 amide bonds. The number of benzene rings is 2. The topological polar surface area (TPSA) is 79.4 Å². The summed E-state index contributed by atoms with van der Waals surface area (Å²) in [5.74, 6) is -0.455. The number of nitrogens with one attached hydrogen (secondary N) is 1. The summed E-state index contributed by atoms with van der Waals surface area (Å²) in [6.45, 7) is 1.52. The van der Waals surface area contributed by atoms with Gasteiger partial charge in [-0.2, -0.15) is 0 Å². The van der Waals surface area contributed by atoms with Gasteiger partial charge in [-0.15, -0.1) is 0 Å². The van der Waals surface area contributed by atoms with Gasteiger partial charge in [0, 0.05) is 6.20 Å². The van der Waals surface area contributed by atoms with Gasteiger partial charge in [0.1, 0.15) is 6.54 Å². The second-order valence-corrected chi connectivity index (χ2v) is 7.82. The van der Waals surface area contributed by atoms with E-state index in [1.54, 1.807) is 54.7 Å². The number of carbonyl (C=O) groups excluding carboxylic acids is 1. The average Bonchev–Trinajstić information content (AvgIpc) is 2.67. The maximum atomic E-state index is 13.2. The molecule has 3 rings (SSSR count). The highest BCUT2D eigenvalue weighted by atomic mass is 32.2. The molecule has 0 atom stereocenters. The van der Waals surface area contributed by atoms with Crippen molar-refractivity contribution in [3.05, 3.63) is 84.7 Å². The minimum Gasteiger partial charge on any atom is -0.323 e. The lowest BCUT2D eigenvalue weighted by atomic mass is 10.2. The lowest BCUT2D eigenvalue weighted by Crippen LogP contribution is -2.38. The minimum absolute atomic E-state index is 0.126. The lowest BCUT2D eigenvalue weighted by molar-refractivity contribution is -0.114. The van der Waals surface area contributed by atoms with Gasteiger partial charge in [0.25, 0.3) is 10.0 Å². The molecule has 138 valence electrons. The fourth-order valence-corrected chi connectivity index (χ4v) is 4.02. The highest BCUT2D eigenvalue weighted by Crippen LogP contribution is 2.24. The molecule has 0 aliphatic heterocycles. The molecule has 1 N–H and O–H groups in total. The number of hydrogen-bond donors (Lipinski definition) is 1. The van der Waals surface area contributed by atoms with E-state index in [4.69, 9.17) is 0 Å². The van der Waals surface area contributed by atoms with Crippen LogP contribution >= 0.6 is 0 Å². The fourth-order valence-electron chi connectivity index (χ4n) is 2.59. The Labute approximate surface area is 158 Å². The van der Waals surface area contributed by atoms with Gasteiger partial charge in [-0.3, -0.25) is 14.1 Å². The molecule has 3 aromatic rings. The molecule has 0 spiro atoms. The quantitative estimate of drug-likeness (QED) is 0.711. The second kappa shape index (κ2) is 8.01. The molecule has 2 aromatic carbocycles. The Bertz CT molecular complexity index is 1020. The van der Waals surface area contributed by atoms with Crippen molar-refractivity contribution < 1.29 is 13.2 Å². The van der Waals surface area contributed by atoms with Gasteiger partial charge >= 0.3 is 0 Å². The molecule has 0 aliphatic carbocycles. The van der Waals surface area contributed by atoms with Gasteiger partial charge < -0.3 is 5.32 Å². The minimum atomic E-state index is -3.90. The molecular formula is C20H19N3O3S. The lowest BCUT2D eigenvalue weighted by Gasteiger charge is -2.24. The standard InChI is InChI=1S/C20H19N3O3S/c1-16-7-5-9-18(13-16)23(27(25,26)19-10-3-2-4-11-19)15-20(24)22-17-8-6-12-21-14-17/h2-14H,15H2,1H3,(H,22,24). The first-order chi connectivity index (χ1) is 13.0. The predicted octanol–water partition coefficient (Wildman–Crippen LogP) is 3.22. The van der Waals surface area contributed by atoms with E-state index >= 15 is 0 Å². The highest BCUT2D eigenvalue weighted by molar-refractivity contribution is 7.92. The van der Waals surface area contributed by atoms with Crippen molar-refractivity contribution in [2.75, 3.05) is 16.2 Å². The molecule has 0 saturated carbocycles. The van der Waals surface area contributed by atoms with E-state index < -0.39 is 15.9 Å². The van der Waals surface area contributed by atoms with E-state index in [0.717, 1.165) is 9.87 Å². The molecule has 7 heteroatoms. The summed E-state index contributed by atoms with van der Waals surface area (Å²) >= 11 is 0. The van der Waals surface area contributed by atoms with Crippen LogP contribution in [0.5, 0.6) is 0 Å². The summed E-state index contributed by atoms with van der Waals surface area (Å²) in [7, 11) is -3.90. The van der Waals surface area contributed by atoms with Gasteiger partial charge in [0.2, 0.25) is 5.91 Å². The van der Waals surface area contributed by atoms with Crippen LogP contribution in [0.15, 0.2) is 84.0 Å². The zero-order chi connectivity index (χ0) is 19.3. The van der Waals surface area contributed by atoms with Gasteiger partial charge in [-0.1, -0.05) is 30.3 Å². The summed E-state index contributed by atoms with van der Waals surface area (Å²) in [6, 6.07) is 18.5. The maximum absolute atomic E-state index is 13.2. The molecule has 0 aliphatic rings. The largest absolute Gasteiger partial charge is 0.323 e. The van der Waals surface area contributed by atoms with Crippen LogP contribution in [0.3, 0.4) is 0 Å². The Kier molecular flexibility index (Phi) is 5.52. The Morgan fingerprint density at radius 2 is 1.81 bits per heavy atom. The number of amides is 1. The van der Waals surface area contributed by atoms with E-state index in [-0.39, 0.29) is 11.4 Å². The van der Waals surface area contributed by atoms with Gasteiger partial charge in [0.05, 0.1) is 22.5 Å². The first-order valence-corrected chi connectivity index (χ1v) is 9.75. The normalized spacial score (nSPS) is 11.0. The van der Waals surface area contributed by atoms with E-state index in [1.807, 2.05) is 13.0 Å². The third kappa shape index (κ3) is 4.51. The molecule has 0 saturated heterocycles. The van der Waals surface area contributed by atoms with Crippen LogP contribution in [0.25, 0.3) is 0 Å². The van der Waals surface area contributed by atoms with E-state index in [2.05, 4.69) is 10.3 Å².